The van der Waals surface area contributed by atoms with Crippen LogP contribution in [0.2, 0.25) is 0 Å². The number of nitrogens with zero attached hydrogens (tertiary/aromatic N) is 2. The van der Waals surface area contributed by atoms with Gasteiger partial charge in [0.1, 0.15) is 0 Å². The van der Waals surface area contributed by atoms with Gasteiger partial charge in [-0.05, 0) is 26.3 Å². The molecule has 0 bridgehead atoms. The van der Waals surface area contributed by atoms with Crippen molar-refractivity contribution in [3.05, 3.63) is 18.0 Å². The lowest BCUT2D eigenvalue weighted by Gasteiger charge is -2.09. The van der Waals surface area contributed by atoms with Gasteiger partial charge in [0.15, 0.2) is 0 Å². The minimum atomic E-state index is -3.57. The van der Waals surface area contributed by atoms with Crippen LogP contribution in [0, 0.1) is 6.92 Å². The molecule has 0 atom stereocenters. The van der Waals surface area contributed by atoms with Crippen molar-refractivity contribution in [1.82, 2.24) is 20.6 Å². The van der Waals surface area contributed by atoms with E-state index in [9.17, 15) is 13.2 Å². The Kier molecular flexibility index (Phi) is 5.22. The maximum Gasteiger partial charge on any atom is 0.315 e. The van der Waals surface area contributed by atoms with Gasteiger partial charge in [-0.2, -0.15) is 0 Å². The number of amides is 2. The van der Waals surface area contributed by atoms with Gasteiger partial charge in [-0.3, -0.25) is 0 Å². The molecule has 1 aromatic heterocycles. The lowest BCUT2D eigenvalue weighted by Crippen LogP contribution is -2.41. The number of urea groups is 1. The van der Waals surface area contributed by atoms with E-state index >= 15 is 0 Å². The van der Waals surface area contributed by atoms with Gasteiger partial charge in [-0.1, -0.05) is 0 Å². The minimum Gasteiger partial charge on any atom is -0.337 e. The van der Waals surface area contributed by atoms with E-state index in [1.165, 1.54) is 12.4 Å². The van der Waals surface area contributed by atoms with E-state index in [0.717, 1.165) is 5.56 Å². The van der Waals surface area contributed by atoms with Crippen molar-refractivity contribution in [3.8, 4) is 0 Å². The molecule has 0 aliphatic carbocycles. The molecule has 2 N–H and O–H groups in total. The number of carbonyl (C=O) groups is 1. The highest BCUT2D eigenvalue weighted by Crippen LogP contribution is 2.03. The first-order valence-electron chi connectivity index (χ1n) is 5.87. The van der Waals surface area contributed by atoms with Crippen molar-refractivity contribution in [2.45, 2.75) is 32.0 Å². The predicted octanol–water partition coefficient (Wildman–Crippen LogP) is 0.266. The van der Waals surface area contributed by atoms with Crippen LogP contribution in [0.3, 0.4) is 0 Å². The summed E-state index contributed by atoms with van der Waals surface area (Å²) in [6, 6.07) is -0.396. The lowest BCUT2D eigenvalue weighted by molar-refractivity contribution is 0.239. The molecule has 0 aromatic carbocycles. The van der Waals surface area contributed by atoms with E-state index in [0.29, 0.717) is 0 Å². The number of sulfone groups is 1. The summed E-state index contributed by atoms with van der Waals surface area (Å²) in [4.78, 5) is 18.8. The first kappa shape index (κ1) is 15.4. The summed E-state index contributed by atoms with van der Waals surface area (Å²) in [7, 11) is -3.57. The number of carbonyl (C=O) groups excluding carboxylic acids is 1. The molecular weight excluding hydrogens is 268 g/mol. The molecule has 1 rings (SSSR count). The second kappa shape index (κ2) is 6.46. The van der Waals surface area contributed by atoms with Crippen LogP contribution in [0.25, 0.3) is 0 Å². The Morgan fingerprint density at radius 1 is 1.32 bits per heavy atom. The predicted molar refractivity (Wildman–Crippen MR) is 70.5 cm³/mol. The number of nitrogens with one attached hydrogen (secondary N) is 2. The average Bonchev–Trinajstić information content (AvgIpc) is 2.28. The van der Waals surface area contributed by atoms with Gasteiger partial charge in [0.05, 0.1) is 5.75 Å². The highest BCUT2D eigenvalue weighted by molar-refractivity contribution is 7.91. The molecule has 0 spiro atoms. The Labute approximate surface area is 112 Å². The number of aromatic nitrogens is 2. The lowest BCUT2D eigenvalue weighted by atomic mass is 10.4. The summed E-state index contributed by atoms with van der Waals surface area (Å²) in [6.45, 7) is 5.42. The Hall–Kier alpha value is -1.70. The van der Waals surface area contributed by atoms with Gasteiger partial charge >= 0.3 is 6.03 Å². The number of hydrogen-bond acceptors (Lipinski definition) is 5. The van der Waals surface area contributed by atoms with Crippen molar-refractivity contribution in [2.24, 2.45) is 0 Å². The Balaban J connectivity index is 2.52. The van der Waals surface area contributed by atoms with E-state index in [-0.39, 0.29) is 23.5 Å². The molecule has 0 saturated carbocycles. The quantitative estimate of drug-likeness (QED) is 0.756. The zero-order chi connectivity index (χ0) is 14.5. The third-order valence-corrected chi connectivity index (χ3v) is 3.62. The molecule has 1 heterocycles. The molecule has 2 amide bonds. The molecule has 8 heteroatoms. The molecule has 0 aliphatic rings. The molecule has 7 nitrogen and oxygen atoms in total. The van der Waals surface area contributed by atoms with Crippen molar-refractivity contribution < 1.29 is 13.2 Å². The summed E-state index contributed by atoms with van der Waals surface area (Å²) >= 11 is 0. The van der Waals surface area contributed by atoms with Crippen molar-refractivity contribution in [2.75, 3.05) is 12.3 Å². The molecular formula is C11H18N4O3S. The van der Waals surface area contributed by atoms with Crippen LogP contribution in [0.5, 0.6) is 0 Å². The van der Waals surface area contributed by atoms with Crippen molar-refractivity contribution in [1.29, 1.82) is 0 Å². The van der Waals surface area contributed by atoms with Gasteiger partial charge in [0, 0.05) is 25.0 Å². The van der Waals surface area contributed by atoms with Crippen LogP contribution in [-0.2, 0) is 9.84 Å². The van der Waals surface area contributed by atoms with Crippen LogP contribution in [0.1, 0.15) is 19.4 Å². The fourth-order valence-electron chi connectivity index (χ4n) is 1.24. The normalized spacial score (nSPS) is 11.4. The largest absolute Gasteiger partial charge is 0.337 e. The molecule has 0 fully saturated rings. The third kappa shape index (κ3) is 5.21. The van der Waals surface area contributed by atoms with Gasteiger partial charge in [-0.25, -0.2) is 23.2 Å². The monoisotopic (exact) mass is 286 g/mol. The maximum atomic E-state index is 11.9. The Morgan fingerprint density at radius 2 is 1.89 bits per heavy atom. The summed E-state index contributed by atoms with van der Waals surface area (Å²) in [5, 5.41) is 4.85. The zero-order valence-corrected chi connectivity index (χ0v) is 12.0. The molecule has 1 aromatic rings. The number of rotatable bonds is 5. The van der Waals surface area contributed by atoms with Gasteiger partial charge < -0.3 is 10.6 Å². The second-order valence-corrected chi connectivity index (χ2v) is 6.42. The van der Waals surface area contributed by atoms with Gasteiger partial charge in [0.25, 0.3) is 0 Å². The highest BCUT2D eigenvalue weighted by atomic mass is 32.2. The molecule has 106 valence electrons. The molecule has 0 unspecified atom stereocenters. The SMILES string of the molecule is Cc1cnc(S(=O)(=O)CCNC(=O)NC(C)C)nc1. The zero-order valence-electron chi connectivity index (χ0n) is 11.2. The fraction of sp³-hybridized carbons (Fsp3) is 0.545. The average molecular weight is 286 g/mol. The number of hydrogen-bond donors (Lipinski definition) is 2. The van der Waals surface area contributed by atoms with E-state index in [1.807, 2.05) is 13.8 Å². The first-order chi connectivity index (χ1) is 8.81. The van der Waals surface area contributed by atoms with Gasteiger partial charge in [-0.15, -0.1) is 0 Å². The summed E-state index contributed by atoms with van der Waals surface area (Å²) < 4.78 is 23.7. The molecule has 0 saturated heterocycles. The van der Waals surface area contributed by atoms with Crippen LogP contribution in [0.15, 0.2) is 17.6 Å². The van der Waals surface area contributed by atoms with Crippen LogP contribution in [0.4, 0.5) is 4.79 Å². The van der Waals surface area contributed by atoms with Crippen molar-refractivity contribution in [3.63, 3.8) is 0 Å². The number of aryl methyl sites for hydroxylation is 1. The molecule has 0 aliphatic heterocycles. The summed E-state index contributed by atoms with van der Waals surface area (Å²) in [5.74, 6) is -0.235. The first-order valence-corrected chi connectivity index (χ1v) is 7.52. The van der Waals surface area contributed by atoms with Crippen molar-refractivity contribution >= 4 is 15.9 Å². The summed E-state index contributed by atoms with van der Waals surface area (Å²) in [5.41, 5.74) is 0.786. The second-order valence-electron chi connectivity index (χ2n) is 4.42. The third-order valence-electron chi connectivity index (χ3n) is 2.11. The standard InChI is InChI=1S/C11H18N4O3S/c1-8(2)15-10(16)12-4-5-19(17,18)11-13-6-9(3)7-14-11/h6-8H,4-5H2,1-3H3,(H2,12,15,16). The Morgan fingerprint density at radius 3 is 2.42 bits per heavy atom. The van der Waals surface area contributed by atoms with E-state index in [4.69, 9.17) is 0 Å². The van der Waals surface area contributed by atoms with E-state index in [1.54, 1.807) is 6.92 Å². The van der Waals surface area contributed by atoms with E-state index in [2.05, 4.69) is 20.6 Å². The Bertz CT molecular complexity index is 525. The molecule has 0 radical (unpaired) electrons. The maximum absolute atomic E-state index is 11.9. The highest BCUT2D eigenvalue weighted by Gasteiger charge is 2.17. The van der Waals surface area contributed by atoms with Crippen LogP contribution in [-0.4, -0.2) is 42.8 Å². The minimum absolute atomic E-state index is 0.00274. The molecule has 19 heavy (non-hydrogen) atoms. The van der Waals surface area contributed by atoms with Crippen LogP contribution >= 0.6 is 0 Å². The van der Waals surface area contributed by atoms with Gasteiger partial charge in [0.2, 0.25) is 15.0 Å². The fourth-order valence-corrected chi connectivity index (χ4v) is 2.22. The topological polar surface area (TPSA) is 101 Å². The smallest absolute Gasteiger partial charge is 0.315 e. The summed E-state index contributed by atoms with van der Waals surface area (Å²) in [6.07, 6.45) is 2.89. The van der Waals surface area contributed by atoms with Crippen LogP contribution < -0.4 is 10.6 Å². The van der Waals surface area contributed by atoms with E-state index < -0.39 is 15.9 Å².